The lowest BCUT2D eigenvalue weighted by molar-refractivity contribution is 0.325. The first-order valence-corrected chi connectivity index (χ1v) is 8.76. The van der Waals surface area contributed by atoms with Crippen LogP contribution >= 0.6 is 0 Å². The average molecular weight is 297 g/mol. The van der Waals surface area contributed by atoms with E-state index < -0.39 is 0 Å². The van der Waals surface area contributed by atoms with Crippen LogP contribution < -0.4 is 5.32 Å². The maximum Gasteiger partial charge on any atom is 0.0656 e. The molecule has 0 bridgehead atoms. The van der Waals surface area contributed by atoms with Crippen molar-refractivity contribution in [3.8, 4) is 6.07 Å². The lowest BCUT2D eigenvalue weighted by Gasteiger charge is -2.26. The minimum absolute atomic E-state index is 0.257. The highest BCUT2D eigenvalue weighted by Crippen LogP contribution is 2.24. The minimum atomic E-state index is 0.257. The second-order valence-electron chi connectivity index (χ2n) is 6.87. The third-order valence-electron chi connectivity index (χ3n) is 5.05. The maximum absolute atomic E-state index is 9.08. The normalized spacial score (nSPS) is 26.0. The molecule has 0 unspecified atom stereocenters. The molecular formula is C19H27N3. The Kier molecular flexibility index (Phi) is 5.48. The predicted octanol–water partition coefficient (Wildman–Crippen LogP) is 3.45. The Bertz CT molecular complexity index is 514. The number of hydrogen-bond acceptors (Lipinski definition) is 3. The summed E-state index contributed by atoms with van der Waals surface area (Å²) in [5.74, 6) is 0.257. The Morgan fingerprint density at radius 3 is 2.77 bits per heavy atom. The minimum Gasteiger partial charge on any atom is -0.310 e. The average Bonchev–Trinajstić information content (AvgIpc) is 3.06. The highest BCUT2D eigenvalue weighted by molar-refractivity contribution is 5.23. The van der Waals surface area contributed by atoms with Gasteiger partial charge in [0.2, 0.25) is 0 Å². The topological polar surface area (TPSA) is 39.1 Å². The Morgan fingerprint density at radius 2 is 1.95 bits per heavy atom. The Morgan fingerprint density at radius 1 is 1.14 bits per heavy atom. The van der Waals surface area contributed by atoms with Gasteiger partial charge in [-0.25, -0.2) is 0 Å². The number of hydrogen-bond donors (Lipinski definition) is 1. The standard InChI is InChI=1S/C19H27N3/c20-13-16-5-4-8-19(12-16)21-14-17-6-3-7-18(11-17)15-22-9-1-2-10-22/h3,6-7,11,16,19,21H,1-2,4-5,8-10,12,14-15H2/t16-,19-/m0/s1. The molecule has 0 aromatic heterocycles. The van der Waals surface area contributed by atoms with Gasteiger partial charge >= 0.3 is 0 Å². The quantitative estimate of drug-likeness (QED) is 0.904. The van der Waals surface area contributed by atoms with Crippen LogP contribution in [0.2, 0.25) is 0 Å². The summed E-state index contributed by atoms with van der Waals surface area (Å²) in [6, 6.07) is 11.9. The van der Waals surface area contributed by atoms with Crippen LogP contribution in [0.25, 0.3) is 0 Å². The third kappa shape index (κ3) is 4.32. The molecule has 1 heterocycles. The first-order chi connectivity index (χ1) is 10.8. The van der Waals surface area contributed by atoms with Crippen molar-refractivity contribution in [1.29, 1.82) is 5.26 Å². The van der Waals surface area contributed by atoms with Crippen LogP contribution in [0.3, 0.4) is 0 Å². The number of nitrogens with zero attached hydrogens (tertiary/aromatic N) is 2. The van der Waals surface area contributed by atoms with Gasteiger partial charge < -0.3 is 5.32 Å². The van der Waals surface area contributed by atoms with Crippen molar-refractivity contribution in [2.45, 2.75) is 57.7 Å². The highest BCUT2D eigenvalue weighted by atomic mass is 15.1. The zero-order valence-electron chi connectivity index (χ0n) is 13.4. The van der Waals surface area contributed by atoms with Gasteiger partial charge in [0, 0.05) is 25.0 Å². The van der Waals surface area contributed by atoms with Gasteiger partial charge in [0.05, 0.1) is 6.07 Å². The zero-order chi connectivity index (χ0) is 15.2. The summed E-state index contributed by atoms with van der Waals surface area (Å²) in [6.45, 7) is 4.52. The molecule has 2 atom stereocenters. The number of rotatable bonds is 5. The van der Waals surface area contributed by atoms with Gasteiger partial charge in [0.1, 0.15) is 0 Å². The van der Waals surface area contributed by atoms with Crippen LogP contribution in [0, 0.1) is 17.2 Å². The van der Waals surface area contributed by atoms with Crippen molar-refractivity contribution >= 4 is 0 Å². The molecule has 1 aliphatic carbocycles. The molecule has 3 heteroatoms. The van der Waals surface area contributed by atoms with Crippen molar-refractivity contribution in [1.82, 2.24) is 10.2 Å². The van der Waals surface area contributed by atoms with Crippen molar-refractivity contribution in [3.05, 3.63) is 35.4 Å². The van der Waals surface area contributed by atoms with Crippen molar-refractivity contribution in [2.75, 3.05) is 13.1 Å². The van der Waals surface area contributed by atoms with Gasteiger partial charge in [-0.15, -0.1) is 0 Å². The SMILES string of the molecule is N#C[C@H]1CCC[C@H](NCc2cccc(CN3CCCC3)c2)C1. The molecular weight excluding hydrogens is 270 g/mol. The number of nitrogens with one attached hydrogen (secondary N) is 1. The zero-order valence-corrected chi connectivity index (χ0v) is 13.4. The molecule has 2 fully saturated rings. The van der Waals surface area contributed by atoms with Gasteiger partial charge in [0.25, 0.3) is 0 Å². The van der Waals surface area contributed by atoms with Crippen LogP contribution in [0.1, 0.15) is 49.7 Å². The van der Waals surface area contributed by atoms with E-state index in [1.165, 1.54) is 49.9 Å². The van der Waals surface area contributed by atoms with Gasteiger partial charge in [-0.1, -0.05) is 30.7 Å². The van der Waals surface area contributed by atoms with E-state index in [1.807, 2.05) is 0 Å². The number of benzene rings is 1. The molecule has 1 aromatic carbocycles. The molecule has 2 aliphatic rings. The molecule has 1 N–H and O–H groups in total. The first-order valence-electron chi connectivity index (χ1n) is 8.76. The van der Waals surface area contributed by atoms with E-state index in [-0.39, 0.29) is 5.92 Å². The molecule has 118 valence electrons. The van der Waals surface area contributed by atoms with E-state index >= 15 is 0 Å². The van der Waals surface area contributed by atoms with E-state index in [0.717, 1.165) is 25.9 Å². The summed E-state index contributed by atoms with van der Waals surface area (Å²) in [7, 11) is 0. The largest absolute Gasteiger partial charge is 0.310 e. The van der Waals surface area contributed by atoms with E-state index in [2.05, 4.69) is 40.6 Å². The Hall–Kier alpha value is -1.37. The van der Waals surface area contributed by atoms with E-state index in [0.29, 0.717) is 6.04 Å². The van der Waals surface area contributed by atoms with Gasteiger partial charge in [-0.05, 0) is 56.3 Å². The summed E-state index contributed by atoms with van der Waals surface area (Å²) in [5, 5.41) is 12.7. The Balaban J connectivity index is 1.50. The van der Waals surface area contributed by atoms with Gasteiger partial charge in [-0.2, -0.15) is 5.26 Å². The van der Waals surface area contributed by atoms with Crippen LogP contribution in [0.15, 0.2) is 24.3 Å². The smallest absolute Gasteiger partial charge is 0.0656 e. The van der Waals surface area contributed by atoms with Gasteiger partial charge in [0.15, 0.2) is 0 Å². The maximum atomic E-state index is 9.08. The van der Waals surface area contributed by atoms with Crippen LogP contribution in [0.5, 0.6) is 0 Å². The van der Waals surface area contributed by atoms with E-state index in [9.17, 15) is 0 Å². The summed E-state index contributed by atoms with van der Waals surface area (Å²) >= 11 is 0. The Labute approximate surface area is 134 Å². The first kappa shape index (κ1) is 15.5. The lowest BCUT2D eigenvalue weighted by Crippen LogP contribution is -2.33. The number of nitriles is 1. The van der Waals surface area contributed by atoms with Crippen LogP contribution in [-0.2, 0) is 13.1 Å². The summed E-state index contributed by atoms with van der Waals surface area (Å²) in [6.07, 6.45) is 7.20. The molecule has 1 aliphatic heterocycles. The molecule has 1 saturated heterocycles. The van der Waals surface area contributed by atoms with Gasteiger partial charge in [-0.3, -0.25) is 4.90 Å². The molecule has 0 radical (unpaired) electrons. The molecule has 3 nitrogen and oxygen atoms in total. The molecule has 0 spiro atoms. The lowest BCUT2D eigenvalue weighted by atomic mass is 9.86. The van der Waals surface area contributed by atoms with Crippen LogP contribution in [-0.4, -0.2) is 24.0 Å². The fraction of sp³-hybridized carbons (Fsp3) is 0.632. The molecule has 3 rings (SSSR count). The number of likely N-dealkylation sites (tertiary alicyclic amines) is 1. The molecule has 1 saturated carbocycles. The second-order valence-corrected chi connectivity index (χ2v) is 6.87. The molecule has 22 heavy (non-hydrogen) atoms. The highest BCUT2D eigenvalue weighted by Gasteiger charge is 2.21. The second kappa shape index (κ2) is 7.76. The summed E-state index contributed by atoms with van der Waals surface area (Å²) < 4.78 is 0. The fourth-order valence-corrected chi connectivity index (χ4v) is 3.79. The summed E-state index contributed by atoms with van der Waals surface area (Å²) in [4.78, 5) is 2.55. The monoisotopic (exact) mass is 297 g/mol. The van der Waals surface area contributed by atoms with Crippen LogP contribution in [0.4, 0.5) is 0 Å². The molecule has 1 aromatic rings. The van der Waals surface area contributed by atoms with Crippen molar-refractivity contribution in [2.24, 2.45) is 5.92 Å². The predicted molar refractivity (Wildman–Crippen MR) is 89.2 cm³/mol. The fourth-order valence-electron chi connectivity index (χ4n) is 3.79. The summed E-state index contributed by atoms with van der Waals surface area (Å²) in [5.41, 5.74) is 2.80. The van der Waals surface area contributed by atoms with E-state index in [4.69, 9.17) is 5.26 Å². The van der Waals surface area contributed by atoms with Crippen molar-refractivity contribution in [3.63, 3.8) is 0 Å². The molecule has 0 amide bonds. The third-order valence-corrected chi connectivity index (χ3v) is 5.05. The van der Waals surface area contributed by atoms with Crippen molar-refractivity contribution < 1.29 is 0 Å². The van der Waals surface area contributed by atoms with E-state index in [1.54, 1.807) is 0 Å².